The van der Waals surface area contributed by atoms with Crippen LogP contribution in [0.3, 0.4) is 0 Å². The highest BCUT2D eigenvalue weighted by Crippen LogP contribution is 2.13. The van der Waals surface area contributed by atoms with Crippen LogP contribution in [0.15, 0.2) is 12.1 Å². The van der Waals surface area contributed by atoms with Crippen molar-refractivity contribution >= 4 is 11.9 Å². The summed E-state index contributed by atoms with van der Waals surface area (Å²) >= 11 is 0. The summed E-state index contributed by atoms with van der Waals surface area (Å²) in [6.45, 7) is 0. The largest absolute Gasteiger partial charge is 0.493 e. The van der Waals surface area contributed by atoms with E-state index in [1.54, 1.807) is 0 Å². The van der Waals surface area contributed by atoms with Gasteiger partial charge in [0.1, 0.15) is 5.56 Å². The Balaban J connectivity index is 3.20. The monoisotopic (exact) mass is 183 g/mol. The molecule has 0 atom stereocenters. The lowest BCUT2D eigenvalue weighted by molar-refractivity contribution is 0.0671. The van der Waals surface area contributed by atoms with Crippen LogP contribution >= 0.6 is 0 Å². The first-order valence-electron chi connectivity index (χ1n) is 3.19. The molecule has 0 spiro atoms. The first kappa shape index (κ1) is 8.98. The molecule has 1 aromatic rings. The number of carboxylic acid groups (broad SMARTS) is 2. The van der Waals surface area contributed by atoms with Gasteiger partial charge in [0.25, 0.3) is 0 Å². The van der Waals surface area contributed by atoms with Gasteiger partial charge in [0, 0.05) is 0 Å². The van der Waals surface area contributed by atoms with Crippen molar-refractivity contribution in [1.82, 2.24) is 4.98 Å². The zero-order valence-corrected chi connectivity index (χ0v) is 6.26. The summed E-state index contributed by atoms with van der Waals surface area (Å²) in [5.41, 5.74) is -0.826. The van der Waals surface area contributed by atoms with E-state index in [0.29, 0.717) is 0 Å². The van der Waals surface area contributed by atoms with Gasteiger partial charge in [-0.1, -0.05) is 0 Å². The Morgan fingerprint density at radius 1 is 1.15 bits per heavy atom. The summed E-state index contributed by atoms with van der Waals surface area (Å²) in [5, 5.41) is 25.8. The van der Waals surface area contributed by atoms with Crippen molar-refractivity contribution in [2.24, 2.45) is 0 Å². The molecule has 0 aliphatic rings. The second kappa shape index (κ2) is 3.10. The van der Waals surface area contributed by atoms with Crippen molar-refractivity contribution in [1.29, 1.82) is 0 Å². The molecular formula is C7H5NO5. The van der Waals surface area contributed by atoms with Gasteiger partial charge in [-0.05, 0) is 12.1 Å². The lowest BCUT2D eigenvalue weighted by Crippen LogP contribution is -2.04. The van der Waals surface area contributed by atoms with E-state index in [0.717, 1.165) is 12.1 Å². The van der Waals surface area contributed by atoms with Gasteiger partial charge >= 0.3 is 11.9 Å². The van der Waals surface area contributed by atoms with Crippen LogP contribution in [0.25, 0.3) is 0 Å². The molecule has 0 aromatic carbocycles. The molecule has 0 fully saturated rings. The molecule has 6 heteroatoms. The predicted molar refractivity (Wildman–Crippen MR) is 39.8 cm³/mol. The highest BCUT2D eigenvalue weighted by molar-refractivity contribution is 5.92. The second-order valence-electron chi connectivity index (χ2n) is 2.18. The van der Waals surface area contributed by atoms with Gasteiger partial charge in [0.2, 0.25) is 5.88 Å². The molecule has 0 radical (unpaired) electrons. The highest BCUT2D eigenvalue weighted by atomic mass is 16.4. The van der Waals surface area contributed by atoms with Gasteiger partial charge in [-0.25, -0.2) is 14.6 Å². The molecule has 0 saturated heterocycles. The standard InChI is InChI=1S/C7H5NO5/c9-5-3(6(10)11)1-2-4(8-5)7(12)13/h1-2H,(H,8,9)(H,10,11)(H,12,13). The Hall–Kier alpha value is -2.11. The van der Waals surface area contributed by atoms with Crippen LogP contribution in [0, 0.1) is 0 Å². The molecule has 6 nitrogen and oxygen atoms in total. The van der Waals surface area contributed by atoms with E-state index in [2.05, 4.69) is 4.98 Å². The maximum atomic E-state index is 10.4. The van der Waals surface area contributed by atoms with Crippen molar-refractivity contribution in [2.45, 2.75) is 0 Å². The Morgan fingerprint density at radius 2 is 1.77 bits per heavy atom. The smallest absolute Gasteiger partial charge is 0.354 e. The molecule has 0 amide bonds. The van der Waals surface area contributed by atoms with Gasteiger partial charge in [0.15, 0.2) is 5.69 Å². The molecule has 1 rings (SSSR count). The Kier molecular flexibility index (Phi) is 2.14. The maximum Gasteiger partial charge on any atom is 0.354 e. The first-order valence-corrected chi connectivity index (χ1v) is 3.19. The van der Waals surface area contributed by atoms with E-state index in [1.165, 1.54) is 0 Å². The number of hydrogen-bond acceptors (Lipinski definition) is 4. The summed E-state index contributed by atoms with van der Waals surface area (Å²) in [4.78, 5) is 23.8. The van der Waals surface area contributed by atoms with E-state index in [4.69, 9.17) is 15.3 Å². The summed E-state index contributed by atoms with van der Waals surface area (Å²) < 4.78 is 0. The quantitative estimate of drug-likeness (QED) is 0.603. The van der Waals surface area contributed by atoms with Gasteiger partial charge in [-0.3, -0.25) is 0 Å². The van der Waals surface area contributed by atoms with Crippen molar-refractivity contribution in [3.63, 3.8) is 0 Å². The summed E-state index contributed by atoms with van der Waals surface area (Å²) in [6, 6.07) is 1.99. The maximum absolute atomic E-state index is 10.4. The number of carbonyl (C=O) groups is 2. The first-order chi connectivity index (χ1) is 6.02. The van der Waals surface area contributed by atoms with Crippen molar-refractivity contribution in [2.75, 3.05) is 0 Å². The Morgan fingerprint density at radius 3 is 2.15 bits per heavy atom. The van der Waals surface area contributed by atoms with Gasteiger partial charge in [0.05, 0.1) is 0 Å². The lowest BCUT2D eigenvalue weighted by Gasteiger charge is -1.98. The minimum absolute atomic E-state index is 0.400. The molecule has 1 heterocycles. The minimum atomic E-state index is -1.36. The molecule has 13 heavy (non-hydrogen) atoms. The Labute approximate surface area is 72.1 Å². The molecular weight excluding hydrogens is 178 g/mol. The topological polar surface area (TPSA) is 108 Å². The molecule has 68 valence electrons. The van der Waals surface area contributed by atoms with Gasteiger partial charge in [-0.2, -0.15) is 0 Å². The molecule has 1 aromatic heterocycles. The fourth-order valence-corrected chi connectivity index (χ4v) is 0.734. The summed E-state index contributed by atoms with van der Waals surface area (Å²) in [7, 11) is 0. The number of hydrogen-bond donors (Lipinski definition) is 3. The zero-order chi connectivity index (χ0) is 10.0. The van der Waals surface area contributed by atoms with Gasteiger partial charge < -0.3 is 15.3 Å². The van der Waals surface area contributed by atoms with Crippen LogP contribution in [-0.2, 0) is 0 Å². The fourth-order valence-electron chi connectivity index (χ4n) is 0.734. The van der Waals surface area contributed by atoms with E-state index < -0.39 is 29.1 Å². The van der Waals surface area contributed by atoms with Crippen molar-refractivity contribution < 1.29 is 24.9 Å². The molecule has 0 saturated carbocycles. The predicted octanol–water partition coefficient (Wildman–Crippen LogP) is 0.184. The average molecular weight is 183 g/mol. The second-order valence-corrected chi connectivity index (χ2v) is 2.18. The van der Waals surface area contributed by atoms with Crippen LogP contribution in [0.5, 0.6) is 5.88 Å². The average Bonchev–Trinajstić information content (AvgIpc) is 2.03. The molecule has 0 aliphatic heterocycles. The SMILES string of the molecule is O=C(O)c1ccc(C(=O)O)c(O)n1. The third-order valence-corrected chi connectivity index (χ3v) is 1.32. The number of rotatable bonds is 2. The van der Waals surface area contributed by atoms with E-state index in [1.807, 2.05) is 0 Å². The summed E-state index contributed by atoms with van der Waals surface area (Å²) in [6.07, 6.45) is 0. The number of pyridine rings is 1. The van der Waals surface area contributed by atoms with Crippen LogP contribution in [0.2, 0.25) is 0 Å². The highest BCUT2D eigenvalue weighted by Gasteiger charge is 2.13. The van der Waals surface area contributed by atoms with Crippen LogP contribution in [0.1, 0.15) is 20.8 Å². The van der Waals surface area contributed by atoms with Gasteiger partial charge in [-0.15, -0.1) is 0 Å². The molecule has 0 unspecified atom stereocenters. The molecule has 0 aliphatic carbocycles. The van der Waals surface area contributed by atoms with E-state index in [-0.39, 0.29) is 0 Å². The number of aromatic nitrogens is 1. The Bertz CT molecular complexity index is 373. The van der Waals surface area contributed by atoms with Crippen LogP contribution in [-0.4, -0.2) is 32.2 Å². The fraction of sp³-hybridized carbons (Fsp3) is 0. The van der Waals surface area contributed by atoms with Crippen LogP contribution < -0.4 is 0 Å². The number of nitrogens with zero attached hydrogens (tertiary/aromatic N) is 1. The number of carboxylic acids is 2. The van der Waals surface area contributed by atoms with Crippen LogP contribution in [0.4, 0.5) is 0 Å². The third-order valence-electron chi connectivity index (χ3n) is 1.32. The molecule has 0 bridgehead atoms. The van der Waals surface area contributed by atoms with E-state index >= 15 is 0 Å². The number of aromatic carboxylic acids is 2. The van der Waals surface area contributed by atoms with Crippen molar-refractivity contribution in [3.8, 4) is 5.88 Å². The molecule has 3 N–H and O–H groups in total. The number of aromatic hydroxyl groups is 1. The normalized spacial score (nSPS) is 9.54. The lowest BCUT2D eigenvalue weighted by atomic mass is 10.2. The summed E-state index contributed by atoms with van der Waals surface area (Å²) in [5.74, 6) is -3.48. The van der Waals surface area contributed by atoms with E-state index in [9.17, 15) is 9.59 Å². The minimum Gasteiger partial charge on any atom is -0.493 e. The zero-order valence-electron chi connectivity index (χ0n) is 6.26. The third kappa shape index (κ3) is 1.73. The van der Waals surface area contributed by atoms with Crippen molar-refractivity contribution in [3.05, 3.63) is 23.4 Å².